The molecule has 4 nitrogen and oxygen atoms in total. The van der Waals surface area contributed by atoms with Crippen molar-refractivity contribution in [2.75, 3.05) is 6.54 Å². The number of carbonyl (C=O) groups is 1. The summed E-state index contributed by atoms with van der Waals surface area (Å²) in [6, 6.07) is 7.31. The van der Waals surface area contributed by atoms with Gasteiger partial charge in [0.05, 0.1) is 0 Å². The van der Waals surface area contributed by atoms with Gasteiger partial charge in [-0.2, -0.15) is 0 Å². The van der Waals surface area contributed by atoms with Crippen LogP contribution in [0.1, 0.15) is 19.4 Å². The second-order valence-electron chi connectivity index (χ2n) is 4.55. The lowest BCUT2D eigenvalue weighted by molar-refractivity contribution is 0.198. The van der Waals surface area contributed by atoms with Crippen molar-refractivity contribution in [3.63, 3.8) is 0 Å². The van der Waals surface area contributed by atoms with Gasteiger partial charge in [-0.25, -0.2) is 4.79 Å². The van der Waals surface area contributed by atoms with Crippen molar-refractivity contribution in [1.82, 2.24) is 5.32 Å². The summed E-state index contributed by atoms with van der Waals surface area (Å²) < 4.78 is 5.09. The van der Waals surface area contributed by atoms with Crippen LogP contribution in [-0.2, 0) is 0 Å². The van der Waals surface area contributed by atoms with E-state index in [1.807, 2.05) is 32.9 Å². The maximum Gasteiger partial charge on any atom is 0.412 e. The van der Waals surface area contributed by atoms with Crippen LogP contribution in [0.4, 0.5) is 4.79 Å². The van der Waals surface area contributed by atoms with Crippen LogP contribution in [0.15, 0.2) is 24.3 Å². The third-order valence-corrected chi connectivity index (χ3v) is 1.89. The van der Waals surface area contributed by atoms with Crippen LogP contribution in [0.2, 0.25) is 0 Å². The minimum absolute atomic E-state index is 0.373. The number of nitrogens with two attached hydrogens (primary N) is 1. The standard InChI is InChI=1S/C12H18N2O2/c1-9-5-4-6-10(7-9)16-11(15)14-8-12(2,3)13/h4-7H,8,13H2,1-3H3,(H,14,15). The van der Waals surface area contributed by atoms with Gasteiger partial charge in [0, 0.05) is 12.1 Å². The zero-order valence-corrected chi connectivity index (χ0v) is 9.91. The van der Waals surface area contributed by atoms with Gasteiger partial charge in [-0.1, -0.05) is 12.1 Å². The van der Waals surface area contributed by atoms with Gasteiger partial charge in [0.1, 0.15) is 5.75 Å². The first-order chi connectivity index (χ1) is 7.37. The summed E-state index contributed by atoms with van der Waals surface area (Å²) in [7, 11) is 0. The van der Waals surface area contributed by atoms with Gasteiger partial charge < -0.3 is 15.8 Å². The molecule has 0 aromatic heterocycles. The first kappa shape index (κ1) is 12.5. The Kier molecular flexibility index (Phi) is 3.90. The van der Waals surface area contributed by atoms with E-state index in [2.05, 4.69) is 5.32 Å². The van der Waals surface area contributed by atoms with Crippen LogP contribution >= 0.6 is 0 Å². The van der Waals surface area contributed by atoms with E-state index in [0.717, 1.165) is 5.56 Å². The van der Waals surface area contributed by atoms with Crippen LogP contribution in [0.5, 0.6) is 5.75 Å². The molecule has 0 heterocycles. The average Bonchev–Trinajstić information content (AvgIpc) is 2.14. The number of nitrogens with one attached hydrogen (secondary N) is 1. The van der Waals surface area contributed by atoms with E-state index in [4.69, 9.17) is 10.5 Å². The smallest absolute Gasteiger partial charge is 0.410 e. The first-order valence-electron chi connectivity index (χ1n) is 5.18. The van der Waals surface area contributed by atoms with E-state index in [1.165, 1.54) is 0 Å². The zero-order valence-electron chi connectivity index (χ0n) is 9.91. The fraction of sp³-hybridized carbons (Fsp3) is 0.417. The Hall–Kier alpha value is -1.55. The molecule has 4 heteroatoms. The lowest BCUT2D eigenvalue weighted by Crippen LogP contribution is -2.45. The summed E-state index contributed by atoms with van der Waals surface area (Å²) in [6.07, 6.45) is -0.482. The Bertz CT molecular complexity index is 370. The molecule has 0 saturated carbocycles. The molecule has 1 amide bonds. The predicted octanol–water partition coefficient (Wildman–Crippen LogP) is 1.82. The molecule has 0 atom stereocenters. The Morgan fingerprint density at radius 2 is 2.19 bits per heavy atom. The summed E-state index contributed by atoms with van der Waals surface area (Å²) in [4.78, 5) is 11.4. The second kappa shape index (κ2) is 4.99. The topological polar surface area (TPSA) is 64.3 Å². The molecule has 0 fully saturated rings. The number of aryl methyl sites for hydroxylation is 1. The monoisotopic (exact) mass is 222 g/mol. The number of hydrogen-bond acceptors (Lipinski definition) is 3. The molecule has 88 valence electrons. The van der Waals surface area contributed by atoms with Gasteiger partial charge in [-0.15, -0.1) is 0 Å². The quantitative estimate of drug-likeness (QED) is 0.820. The van der Waals surface area contributed by atoms with E-state index < -0.39 is 11.6 Å². The largest absolute Gasteiger partial charge is 0.412 e. The van der Waals surface area contributed by atoms with Gasteiger partial charge >= 0.3 is 6.09 Å². The van der Waals surface area contributed by atoms with Crippen LogP contribution in [0.3, 0.4) is 0 Å². The summed E-state index contributed by atoms with van der Waals surface area (Å²) >= 11 is 0. The molecule has 0 aliphatic carbocycles. The highest BCUT2D eigenvalue weighted by atomic mass is 16.6. The van der Waals surface area contributed by atoms with Crippen LogP contribution in [-0.4, -0.2) is 18.2 Å². The fourth-order valence-electron chi connectivity index (χ4n) is 1.12. The van der Waals surface area contributed by atoms with Crippen LogP contribution < -0.4 is 15.8 Å². The lowest BCUT2D eigenvalue weighted by atomic mass is 10.1. The van der Waals surface area contributed by atoms with Gasteiger partial charge in [-0.3, -0.25) is 0 Å². The third kappa shape index (κ3) is 4.79. The molecular formula is C12H18N2O2. The summed E-state index contributed by atoms with van der Waals surface area (Å²) in [5, 5.41) is 2.60. The molecule has 3 N–H and O–H groups in total. The van der Waals surface area contributed by atoms with Crippen LogP contribution in [0, 0.1) is 6.92 Å². The van der Waals surface area contributed by atoms with E-state index in [0.29, 0.717) is 12.3 Å². The van der Waals surface area contributed by atoms with Crippen molar-refractivity contribution in [2.24, 2.45) is 5.73 Å². The maximum atomic E-state index is 11.4. The van der Waals surface area contributed by atoms with Crippen molar-refractivity contribution in [3.05, 3.63) is 29.8 Å². The molecule has 0 aliphatic heterocycles. The number of carbonyl (C=O) groups excluding carboxylic acids is 1. The van der Waals surface area contributed by atoms with Gasteiger partial charge in [0.2, 0.25) is 0 Å². The summed E-state index contributed by atoms with van der Waals surface area (Å²) in [6.45, 7) is 5.98. The van der Waals surface area contributed by atoms with Crippen molar-refractivity contribution in [2.45, 2.75) is 26.3 Å². The van der Waals surface area contributed by atoms with Crippen molar-refractivity contribution < 1.29 is 9.53 Å². The number of benzene rings is 1. The van der Waals surface area contributed by atoms with Gasteiger partial charge in [0.15, 0.2) is 0 Å². The van der Waals surface area contributed by atoms with Crippen molar-refractivity contribution in [3.8, 4) is 5.75 Å². The molecule has 0 unspecified atom stereocenters. The summed E-state index contributed by atoms with van der Waals surface area (Å²) in [5.74, 6) is 0.535. The Morgan fingerprint density at radius 1 is 1.50 bits per heavy atom. The molecule has 16 heavy (non-hydrogen) atoms. The molecule has 1 aromatic rings. The second-order valence-corrected chi connectivity index (χ2v) is 4.55. The van der Waals surface area contributed by atoms with Crippen molar-refractivity contribution >= 4 is 6.09 Å². The summed E-state index contributed by atoms with van der Waals surface area (Å²) in [5.41, 5.74) is 6.34. The minimum atomic E-state index is -0.482. The predicted molar refractivity (Wildman–Crippen MR) is 63.5 cm³/mol. The molecule has 1 rings (SSSR count). The SMILES string of the molecule is Cc1cccc(OC(=O)NCC(C)(C)N)c1. The highest BCUT2D eigenvalue weighted by Crippen LogP contribution is 2.12. The number of amides is 1. The maximum absolute atomic E-state index is 11.4. The van der Waals surface area contributed by atoms with E-state index in [1.54, 1.807) is 12.1 Å². The number of rotatable bonds is 3. The van der Waals surface area contributed by atoms with Gasteiger partial charge in [0.25, 0.3) is 0 Å². The lowest BCUT2D eigenvalue weighted by Gasteiger charge is -2.18. The molecule has 0 bridgehead atoms. The normalized spacial score (nSPS) is 11.0. The van der Waals surface area contributed by atoms with Crippen LogP contribution in [0.25, 0.3) is 0 Å². The first-order valence-corrected chi connectivity index (χ1v) is 5.18. The zero-order chi connectivity index (χ0) is 12.2. The molecule has 0 saturated heterocycles. The van der Waals surface area contributed by atoms with E-state index in [9.17, 15) is 4.79 Å². The number of ether oxygens (including phenoxy) is 1. The average molecular weight is 222 g/mol. The van der Waals surface area contributed by atoms with E-state index >= 15 is 0 Å². The Morgan fingerprint density at radius 3 is 2.75 bits per heavy atom. The fourth-order valence-corrected chi connectivity index (χ4v) is 1.12. The van der Waals surface area contributed by atoms with Gasteiger partial charge in [-0.05, 0) is 38.5 Å². The number of hydrogen-bond donors (Lipinski definition) is 2. The molecule has 0 spiro atoms. The molecule has 0 radical (unpaired) electrons. The van der Waals surface area contributed by atoms with E-state index in [-0.39, 0.29) is 0 Å². The molecular weight excluding hydrogens is 204 g/mol. The third-order valence-electron chi connectivity index (χ3n) is 1.89. The molecule has 1 aromatic carbocycles. The highest BCUT2D eigenvalue weighted by molar-refractivity contribution is 5.70. The highest BCUT2D eigenvalue weighted by Gasteiger charge is 2.13. The molecule has 0 aliphatic rings. The minimum Gasteiger partial charge on any atom is -0.410 e. The Labute approximate surface area is 95.8 Å². The van der Waals surface area contributed by atoms with Crippen molar-refractivity contribution in [1.29, 1.82) is 0 Å². The Balaban J connectivity index is 2.46.